The summed E-state index contributed by atoms with van der Waals surface area (Å²) in [6.45, 7) is 10.5. The van der Waals surface area contributed by atoms with Crippen LogP contribution in [-0.4, -0.2) is 52.9 Å². The number of hydrogen-bond donors (Lipinski definition) is 2. The van der Waals surface area contributed by atoms with E-state index in [1.165, 1.54) is 76.0 Å². The van der Waals surface area contributed by atoms with E-state index in [9.17, 15) is 0 Å². The number of hydrogen-bond acceptors (Lipinski definition) is 3. The second kappa shape index (κ2) is 8.48. The molecule has 1 aromatic carbocycles. The van der Waals surface area contributed by atoms with Gasteiger partial charge in [-0.15, -0.1) is 5.10 Å². The average molecular weight is 371 g/mol. The number of rotatable bonds is 5. The SMILES string of the molecule is CC[NH+]1CC[NH+]([C@@H](c2ccc(C)cc2)c2nnnn2C2CCCCC2)CC1. The third kappa shape index (κ3) is 4.06. The normalized spacial score (nSPS) is 25.4. The van der Waals surface area contributed by atoms with Crippen molar-refractivity contribution in [2.75, 3.05) is 32.7 Å². The Labute approximate surface area is 162 Å². The first-order chi connectivity index (χ1) is 13.3. The van der Waals surface area contributed by atoms with E-state index in [-0.39, 0.29) is 6.04 Å². The zero-order valence-corrected chi connectivity index (χ0v) is 16.8. The fraction of sp³-hybridized carbons (Fsp3) is 0.667. The summed E-state index contributed by atoms with van der Waals surface area (Å²) in [6, 6.07) is 9.73. The quantitative estimate of drug-likeness (QED) is 0.800. The van der Waals surface area contributed by atoms with Crippen LogP contribution >= 0.6 is 0 Å². The van der Waals surface area contributed by atoms with Crippen molar-refractivity contribution in [2.24, 2.45) is 0 Å². The predicted molar refractivity (Wildman–Crippen MR) is 105 cm³/mol. The van der Waals surface area contributed by atoms with E-state index < -0.39 is 0 Å². The van der Waals surface area contributed by atoms with E-state index in [1.807, 2.05) is 0 Å². The minimum Gasteiger partial charge on any atom is -0.326 e. The lowest BCUT2D eigenvalue weighted by molar-refractivity contribution is -1.02. The monoisotopic (exact) mass is 370 g/mol. The van der Waals surface area contributed by atoms with Crippen LogP contribution in [0.5, 0.6) is 0 Å². The molecular formula is C21H34N6+2. The van der Waals surface area contributed by atoms with Gasteiger partial charge in [0, 0.05) is 5.56 Å². The van der Waals surface area contributed by atoms with Crippen molar-refractivity contribution < 1.29 is 9.80 Å². The van der Waals surface area contributed by atoms with Crippen molar-refractivity contribution in [3.8, 4) is 0 Å². The van der Waals surface area contributed by atoms with Crippen molar-refractivity contribution in [2.45, 2.75) is 58.0 Å². The van der Waals surface area contributed by atoms with E-state index in [0.29, 0.717) is 6.04 Å². The Balaban J connectivity index is 1.66. The van der Waals surface area contributed by atoms with Gasteiger partial charge < -0.3 is 9.80 Å². The van der Waals surface area contributed by atoms with Crippen molar-refractivity contribution in [3.63, 3.8) is 0 Å². The molecule has 1 saturated heterocycles. The molecule has 1 saturated carbocycles. The van der Waals surface area contributed by atoms with Gasteiger partial charge in [-0.05, 0) is 37.1 Å². The van der Waals surface area contributed by atoms with Crippen LogP contribution in [0.15, 0.2) is 24.3 Å². The molecule has 2 fully saturated rings. The van der Waals surface area contributed by atoms with E-state index in [1.54, 1.807) is 9.80 Å². The van der Waals surface area contributed by atoms with Crippen LogP contribution in [0.3, 0.4) is 0 Å². The van der Waals surface area contributed by atoms with E-state index in [4.69, 9.17) is 0 Å². The molecule has 2 aromatic rings. The summed E-state index contributed by atoms with van der Waals surface area (Å²) in [5.41, 5.74) is 2.65. The van der Waals surface area contributed by atoms with Crippen LogP contribution in [0, 0.1) is 6.92 Å². The highest BCUT2D eigenvalue weighted by atomic mass is 15.6. The van der Waals surface area contributed by atoms with Gasteiger partial charge >= 0.3 is 0 Å². The van der Waals surface area contributed by atoms with E-state index in [2.05, 4.69) is 58.3 Å². The number of quaternary nitrogens is 2. The highest BCUT2D eigenvalue weighted by Crippen LogP contribution is 2.30. The standard InChI is InChI=1S/C21H32N6/c1-3-25-13-15-26(16-14-25)20(18-11-9-17(2)10-12-18)21-22-23-24-27(21)19-7-5-4-6-8-19/h9-12,19-20H,3-8,13-16H2,1-2H3/p+2/t20-/m0/s1. The molecular weight excluding hydrogens is 336 g/mol. The van der Waals surface area contributed by atoms with Crippen LogP contribution in [0.25, 0.3) is 0 Å². The van der Waals surface area contributed by atoms with Crippen molar-refractivity contribution in [1.29, 1.82) is 0 Å². The molecule has 0 amide bonds. The summed E-state index contributed by atoms with van der Waals surface area (Å²) in [4.78, 5) is 3.33. The lowest BCUT2D eigenvalue weighted by atomic mass is 9.95. The number of benzene rings is 1. The first kappa shape index (κ1) is 18.6. The molecule has 0 spiro atoms. The first-order valence-corrected chi connectivity index (χ1v) is 10.8. The summed E-state index contributed by atoms with van der Waals surface area (Å²) in [7, 11) is 0. The molecule has 2 N–H and O–H groups in total. The molecule has 1 aliphatic heterocycles. The Hall–Kier alpha value is -1.79. The van der Waals surface area contributed by atoms with E-state index >= 15 is 0 Å². The summed E-state index contributed by atoms with van der Waals surface area (Å²) in [6.07, 6.45) is 6.36. The molecule has 146 valence electrons. The predicted octanol–water partition coefficient (Wildman–Crippen LogP) is 0.379. The second-order valence-electron chi connectivity index (χ2n) is 8.38. The highest BCUT2D eigenvalue weighted by Gasteiger charge is 2.36. The zero-order valence-electron chi connectivity index (χ0n) is 16.8. The Morgan fingerprint density at radius 2 is 1.74 bits per heavy atom. The fourth-order valence-corrected chi connectivity index (χ4v) is 4.87. The zero-order chi connectivity index (χ0) is 18.6. The molecule has 0 bridgehead atoms. The van der Waals surface area contributed by atoms with Gasteiger partial charge in [-0.25, -0.2) is 4.68 Å². The minimum atomic E-state index is 0.237. The van der Waals surface area contributed by atoms with Gasteiger partial charge in [-0.2, -0.15) is 0 Å². The van der Waals surface area contributed by atoms with Gasteiger partial charge in [-0.3, -0.25) is 0 Å². The lowest BCUT2D eigenvalue weighted by Gasteiger charge is -2.34. The largest absolute Gasteiger partial charge is 0.326 e. The van der Waals surface area contributed by atoms with Crippen LogP contribution in [-0.2, 0) is 0 Å². The Kier molecular flexibility index (Phi) is 5.83. The summed E-state index contributed by atoms with van der Waals surface area (Å²) in [5.74, 6) is 1.07. The first-order valence-electron chi connectivity index (χ1n) is 10.8. The molecule has 0 unspecified atom stereocenters. The molecule has 1 aromatic heterocycles. The number of nitrogens with one attached hydrogen (secondary N) is 2. The minimum absolute atomic E-state index is 0.237. The number of tetrazole rings is 1. The Morgan fingerprint density at radius 3 is 2.41 bits per heavy atom. The summed E-state index contributed by atoms with van der Waals surface area (Å²) in [5, 5.41) is 13.2. The van der Waals surface area contributed by atoms with Gasteiger partial charge in [0.15, 0.2) is 6.04 Å². The van der Waals surface area contributed by atoms with Gasteiger partial charge in [-0.1, -0.05) is 49.1 Å². The molecule has 0 radical (unpaired) electrons. The topological polar surface area (TPSA) is 52.5 Å². The smallest absolute Gasteiger partial charge is 0.214 e. The fourth-order valence-electron chi connectivity index (χ4n) is 4.87. The lowest BCUT2D eigenvalue weighted by Crippen LogP contribution is -3.28. The van der Waals surface area contributed by atoms with Crippen LogP contribution < -0.4 is 9.80 Å². The molecule has 2 aliphatic rings. The molecule has 2 heterocycles. The van der Waals surface area contributed by atoms with Crippen molar-refractivity contribution >= 4 is 0 Å². The maximum absolute atomic E-state index is 4.58. The summed E-state index contributed by atoms with van der Waals surface area (Å²) < 4.78 is 2.18. The van der Waals surface area contributed by atoms with Gasteiger partial charge in [0.2, 0.25) is 5.82 Å². The number of piperazine rings is 1. The number of likely N-dealkylation sites (N-methyl/N-ethyl adjacent to an activating group) is 1. The molecule has 6 nitrogen and oxygen atoms in total. The van der Waals surface area contributed by atoms with Crippen LogP contribution in [0.1, 0.15) is 68.1 Å². The average Bonchev–Trinajstić information content (AvgIpc) is 3.20. The second-order valence-corrected chi connectivity index (χ2v) is 8.38. The molecule has 1 atom stereocenters. The van der Waals surface area contributed by atoms with Crippen molar-refractivity contribution in [1.82, 2.24) is 20.2 Å². The number of aryl methyl sites for hydroxylation is 1. The van der Waals surface area contributed by atoms with E-state index in [0.717, 1.165) is 5.82 Å². The third-order valence-electron chi connectivity index (χ3n) is 6.62. The maximum atomic E-state index is 4.58. The van der Waals surface area contributed by atoms with Crippen molar-refractivity contribution in [3.05, 3.63) is 41.2 Å². The van der Waals surface area contributed by atoms with Crippen LogP contribution in [0.4, 0.5) is 0 Å². The maximum Gasteiger partial charge on any atom is 0.214 e. The Bertz CT molecular complexity index is 711. The van der Waals surface area contributed by atoms with Crippen LogP contribution in [0.2, 0.25) is 0 Å². The number of aromatic nitrogens is 4. The van der Waals surface area contributed by atoms with Gasteiger partial charge in [0.25, 0.3) is 0 Å². The van der Waals surface area contributed by atoms with Gasteiger partial charge in [0.1, 0.15) is 26.2 Å². The summed E-state index contributed by atoms with van der Waals surface area (Å²) >= 11 is 0. The molecule has 6 heteroatoms. The molecule has 27 heavy (non-hydrogen) atoms. The van der Waals surface area contributed by atoms with Gasteiger partial charge in [0.05, 0.1) is 12.6 Å². The Morgan fingerprint density at radius 1 is 1.04 bits per heavy atom. The molecule has 1 aliphatic carbocycles. The molecule has 4 rings (SSSR count). The third-order valence-corrected chi connectivity index (χ3v) is 6.62. The highest BCUT2D eigenvalue weighted by molar-refractivity contribution is 5.26. The number of nitrogens with zero attached hydrogens (tertiary/aromatic N) is 4.